The Bertz CT molecular complexity index is 1710. The monoisotopic (exact) mass is 1080 g/mol. The zero-order valence-electron chi connectivity index (χ0n) is 50.4. The molecule has 0 N–H and O–H groups in total. The zero-order valence-corrected chi connectivity index (χ0v) is 50.4. The Morgan fingerprint density at radius 3 is 0.808 bits per heavy atom. The number of carbonyl (C=O) groups excluding carboxylic acids is 3. The van der Waals surface area contributed by atoms with Crippen LogP contribution >= 0.6 is 0 Å². The lowest BCUT2D eigenvalue weighted by Crippen LogP contribution is -2.30. The summed E-state index contributed by atoms with van der Waals surface area (Å²) in [5.41, 5.74) is 0. The lowest BCUT2D eigenvalue weighted by Gasteiger charge is -2.18. The normalized spacial score (nSPS) is 13.1. The van der Waals surface area contributed by atoms with Gasteiger partial charge in [-0.2, -0.15) is 0 Å². The van der Waals surface area contributed by atoms with Crippen molar-refractivity contribution in [2.45, 2.75) is 277 Å². The molecule has 0 aromatic heterocycles. The van der Waals surface area contributed by atoms with Gasteiger partial charge < -0.3 is 14.2 Å². The lowest BCUT2D eigenvalue weighted by molar-refractivity contribution is -0.167. The summed E-state index contributed by atoms with van der Waals surface area (Å²) in [5, 5.41) is 0. The van der Waals surface area contributed by atoms with E-state index in [-0.39, 0.29) is 31.1 Å². The van der Waals surface area contributed by atoms with Gasteiger partial charge in [0.1, 0.15) is 13.2 Å². The van der Waals surface area contributed by atoms with Crippen LogP contribution in [0.3, 0.4) is 0 Å². The van der Waals surface area contributed by atoms with Gasteiger partial charge in [-0.15, -0.1) is 0 Å². The van der Waals surface area contributed by atoms with Crippen LogP contribution in [0.5, 0.6) is 0 Å². The Morgan fingerprint density at radius 2 is 0.500 bits per heavy atom. The molecular weight excluding hydrogens is 961 g/mol. The highest BCUT2D eigenvalue weighted by Crippen LogP contribution is 2.15. The van der Waals surface area contributed by atoms with Gasteiger partial charge >= 0.3 is 17.9 Å². The first-order chi connectivity index (χ1) is 38.5. The molecule has 78 heavy (non-hydrogen) atoms. The smallest absolute Gasteiger partial charge is 0.306 e. The van der Waals surface area contributed by atoms with Crippen molar-refractivity contribution in [1.82, 2.24) is 0 Å². The summed E-state index contributed by atoms with van der Waals surface area (Å²) < 4.78 is 16.9. The van der Waals surface area contributed by atoms with Crippen molar-refractivity contribution >= 4 is 17.9 Å². The summed E-state index contributed by atoms with van der Waals surface area (Å²) in [6.45, 7) is 6.32. The van der Waals surface area contributed by atoms with E-state index in [1.807, 2.05) is 0 Å². The third kappa shape index (κ3) is 62.1. The van der Waals surface area contributed by atoms with E-state index >= 15 is 0 Å². The van der Waals surface area contributed by atoms with Crippen molar-refractivity contribution in [3.05, 3.63) is 146 Å². The maximum atomic E-state index is 12.9. The molecule has 0 aliphatic carbocycles. The van der Waals surface area contributed by atoms with Gasteiger partial charge in [-0.3, -0.25) is 14.4 Å². The third-order valence-electron chi connectivity index (χ3n) is 13.0. The van der Waals surface area contributed by atoms with Crippen molar-refractivity contribution in [3.8, 4) is 0 Å². The highest BCUT2D eigenvalue weighted by Gasteiger charge is 2.19. The van der Waals surface area contributed by atoms with Crippen molar-refractivity contribution < 1.29 is 28.6 Å². The minimum absolute atomic E-state index is 0.0983. The summed E-state index contributed by atoms with van der Waals surface area (Å²) >= 11 is 0. The summed E-state index contributed by atoms with van der Waals surface area (Å²) in [4.78, 5) is 38.2. The van der Waals surface area contributed by atoms with Crippen molar-refractivity contribution in [1.29, 1.82) is 0 Å². The van der Waals surface area contributed by atoms with Gasteiger partial charge in [0.15, 0.2) is 6.10 Å². The van der Waals surface area contributed by atoms with Crippen LogP contribution in [-0.2, 0) is 28.6 Å². The molecule has 6 heteroatoms. The minimum Gasteiger partial charge on any atom is -0.462 e. The highest BCUT2D eigenvalue weighted by molar-refractivity contribution is 5.71. The van der Waals surface area contributed by atoms with E-state index in [9.17, 15) is 14.4 Å². The maximum absolute atomic E-state index is 12.9. The van der Waals surface area contributed by atoms with Crippen LogP contribution in [0.25, 0.3) is 0 Å². The summed E-state index contributed by atoms with van der Waals surface area (Å²) in [5.74, 6) is -0.946. The summed E-state index contributed by atoms with van der Waals surface area (Å²) in [6.07, 6.45) is 92.9. The molecule has 0 aromatic carbocycles. The number of rotatable bonds is 56. The van der Waals surface area contributed by atoms with Crippen LogP contribution in [0.2, 0.25) is 0 Å². The van der Waals surface area contributed by atoms with E-state index in [1.54, 1.807) is 0 Å². The van der Waals surface area contributed by atoms with Gasteiger partial charge in [-0.1, -0.05) is 263 Å². The third-order valence-corrected chi connectivity index (χ3v) is 13.0. The Hall–Kier alpha value is -4.71. The fourth-order valence-electron chi connectivity index (χ4n) is 8.36. The van der Waals surface area contributed by atoms with Gasteiger partial charge in [-0.25, -0.2) is 0 Å². The zero-order chi connectivity index (χ0) is 56.4. The van der Waals surface area contributed by atoms with E-state index in [0.29, 0.717) is 19.3 Å². The molecule has 0 rings (SSSR count). The Labute approximate surface area is 480 Å². The molecule has 440 valence electrons. The number of esters is 3. The Kier molecular flexibility index (Phi) is 60.9. The van der Waals surface area contributed by atoms with E-state index in [0.717, 1.165) is 154 Å². The van der Waals surface area contributed by atoms with Gasteiger partial charge in [0.2, 0.25) is 0 Å². The molecule has 0 bridgehead atoms. The number of hydrogen-bond acceptors (Lipinski definition) is 6. The SMILES string of the molecule is CC/C=C\C/C=C\C/C=C\C/C=C\C/C=C\C/C=C\C/C=C\CCCCCC(=O)OCC(COC(=O)CCCCCCC/C=C\CCC)OC(=O)CCCCCCCCCCCCCC/C=C\C/C=C\C/C=C\C/C=C\CC. The van der Waals surface area contributed by atoms with Crippen LogP contribution in [0.1, 0.15) is 271 Å². The minimum atomic E-state index is -0.803. The molecule has 6 nitrogen and oxygen atoms in total. The highest BCUT2D eigenvalue weighted by atomic mass is 16.6. The number of hydrogen-bond donors (Lipinski definition) is 0. The number of ether oxygens (including phenoxy) is 3. The second-order valence-electron chi connectivity index (χ2n) is 20.5. The van der Waals surface area contributed by atoms with Crippen LogP contribution < -0.4 is 0 Å². The van der Waals surface area contributed by atoms with Gasteiger partial charge in [0, 0.05) is 19.3 Å². The Balaban J connectivity index is 4.35. The first-order valence-corrected chi connectivity index (χ1v) is 31.8. The fourth-order valence-corrected chi connectivity index (χ4v) is 8.36. The Morgan fingerprint density at radius 1 is 0.269 bits per heavy atom. The van der Waals surface area contributed by atoms with E-state index < -0.39 is 6.10 Å². The van der Waals surface area contributed by atoms with E-state index in [1.165, 1.54) is 77.0 Å². The molecule has 0 amide bonds. The average Bonchev–Trinajstić information content (AvgIpc) is 3.44. The van der Waals surface area contributed by atoms with Gasteiger partial charge in [-0.05, 0) is 135 Å². The number of carbonyl (C=O) groups is 3. The van der Waals surface area contributed by atoms with E-state index in [2.05, 4.69) is 167 Å². The molecular formula is C72H116O6. The number of allylic oxidation sites excluding steroid dienone is 24. The molecule has 0 saturated carbocycles. The topological polar surface area (TPSA) is 78.9 Å². The molecule has 0 aromatic rings. The predicted molar refractivity (Wildman–Crippen MR) is 339 cm³/mol. The van der Waals surface area contributed by atoms with Crippen molar-refractivity contribution in [2.24, 2.45) is 0 Å². The van der Waals surface area contributed by atoms with Crippen LogP contribution in [0.4, 0.5) is 0 Å². The molecule has 1 unspecified atom stereocenters. The average molecular weight is 1080 g/mol. The quantitative estimate of drug-likeness (QED) is 0.0261. The largest absolute Gasteiger partial charge is 0.462 e. The fraction of sp³-hybridized carbons (Fsp3) is 0.625. The maximum Gasteiger partial charge on any atom is 0.306 e. The lowest BCUT2D eigenvalue weighted by atomic mass is 10.0. The first-order valence-electron chi connectivity index (χ1n) is 31.8. The second-order valence-corrected chi connectivity index (χ2v) is 20.5. The molecule has 0 aliphatic heterocycles. The standard InChI is InChI=1S/C72H116O6/c1-4-7-10-13-16-19-22-24-26-28-30-32-34-36-38-40-42-44-46-48-50-53-56-59-62-65-71(74)77-68-69(67-76-70(73)64-61-58-55-52-21-18-15-12-9-6-3)78-72(75)66-63-60-57-54-51-49-47-45-43-41-39-37-35-33-31-29-27-25-23-20-17-14-11-8-5-2/h7-8,10-12,15-17,19-20,24-27,30-33,36,38,42,44,48,50,69H,4-6,9,13-14,18,21-23,28-29,34-35,37,39-41,43,45-47,49,51-68H2,1-3H3/b10-7-,11-8-,15-12-,19-16-,20-17-,26-24-,27-25-,32-30-,33-31-,38-36-,44-42-,50-48-. The molecule has 0 radical (unpaired) electrons. The summed E-state index contributed by atoms with van der Waals surface area (Å²) in [6, 6.07) is 0. The van der Waals surface area contributed by atoms with Gasteiger partial charge in [0.05, 0.1) is 0 Å². The molecule has 0 fully saturated rings. The van der Waals surface area contributed by atoms with Gasteiger partial charge in [0.25, 0.3) is 0 Å². The van der Waals surface area contributed by atoms with Crippen LogP contribution in [0.15, 0.2) is 146 Å². The van der Waals surface area contributed by atoms with Crippen molar-refractivity contribution in [3.63, 3.8) is 0 Å². The predicted octanol–water partition coefficient (Wildman–Crippen LogP) is 21.9. The summed E-state index contributed by atoms with van der Waals surface area (Å²) in [7, 11) is 0. The molecule has 0 aliphatic rings. The first kappa shape index (κ1) is 73.3. The molecule has 0 spiro atoms. The second kappa shape index (κ2) is 64.8. The number of unbranched alkanes of at least 4 members (excludes halogenated alkanes) is 21. The molecule has 0 heterocycles. The van der Waals surface area contributed by atoms with Crippen molar-refractivity contribution in [2.75, 3.05) is 13.2 Å². The molecule has 0 saturated heterocycles. The molecule has 1 atom stereocenters. The van der Waals surface area contributed by atoms with E-state index in [4.69, 9.17) is 14.2 Å². The van der Waals surface area contributed by atoms with Crippen LogP contribution in [-0.4, -0.2) is 37.2 Å². The van der Waals surface area contributed by atoms with Crippen LogP contribution in [0, 0.1) is 0 Å².